The van der Waals surface area contributed by atoms with Crippen LogP contribution in [0, 0.1) is 11.8 Å². The number of alkyl carbamates (subject to hydrolysis) is 1. The zero-order valence-electron chi connectivity index (χ0n) is 18.3. The number of carbonyl (C=O) groups excluding carboxylic acids is 2. The molecule has 5 rings (SSSR count). The molecule has 7 nitrogen and oxygen atoms in total. The van der Waals surface area contributed by atoms with Gasteiger partial charge in [0.2, 0.25) is 5.91 Å². The van der Waals surface area contributed by atoms with Crippen LogP contribution in [0.3, 0.4) is 0 Å². The molecule has 0 radical (unpaired) electrons. The Morgan fingerprint density at radius 3 is 2.26 bits per heavy atom. The summed E-state index contributed by atoms with van der Waals surface area (Å²) >= 11 is 1.36. The summed E-state index contributed by atoms with van der Waals surface area (Å²) in [7, 11) is 0. The van der Waals surface area contributed by atoms with Crippen molar-refractivity contribution in [3.8, 4) is 11.1 Å². The van der Waals surface area contributed by atoms with E-state index in [-0.39, 0.29) is 30.9 Å². The van der Waals surface area contributed by atoms with Crippen molar-refractivity contribution in [2.24, 2.45) is 11.8 Å². The maximum atomic E-state index is 12.9. The van der Waals surface area contributed by atoms with Crippen LogP contribution < -0.4 is 10.6 Å². The number of carbonyl (C=O) groups is 3. The van der Waals surface area contributed by atoms with Crippen LogP contribution in [-0.4, -0.2) is 36.2 Å². The van der Waals surface area contributed by atoms with Gasteiger partial charge in [-0.3, -0.25) is 9.59 Å². The minimum Gasteiger partial charge on any atom is -0.481 e. The molecular formula is C26H24N2O5S. The van der Waals surface area contributed by atoms with Crippen molar-refractivity contribution in [2.45, 2.75) is 18.4 Å². The average Bonchev–Trinajstić information content (AvgIpc) is 3.29. The van der Waals surface area contributed by atoms with Crippen LogP contribution in [0.25, 0.3) is 11.1 Å². The van der Waals surface area contributed by atoms with Crippen LogP contribution >= 0.6 is 11.3 Å². The van der Waals surface area contributed by atoms with E-state index in [0.717, 1.165) is 22.3 Å². The predicted molar refractivity (Wildman–Crippen MR) is 128 cm³/mol. The van der Waals surface area contributed by atoms with E-state index in [2.05, 4.69) is 22.8 Å². The van der Waals surface area contributed by atoms with Crippen molar-refractivity contribution in [3.63, 3.8) is 0 Å². The molecule has 8 heteroatoms. The minimum absolute atomic E-state index is 0.0695. The lowest BCUT2D eigenvalue weighted by molar-refractivity contribution is -0.139. The van der Waals surface area contributed by atoms with Crippen molar-refractivity contribution >= 4 is 29.3 Å². The Kier molecular flexibility index (Phi) is 6.06. The Morgan fingerprint density at radius 1 is 1.00 bits per heavy atom. The first-order valence-electron chi connectivity index (χ1n) is 11.2. The summed E-state index contributed by atoms with van der Waals surface area (Å²) in [5, 5.41) is 16.4. The van der Waals surface area contributed by atoms with E-state index in [0.29, 0.717) is 11.3 Å². The summed E-state index contributed by atoms with van der Waals surface area (Å²) in [5.74, 6) is -1.77. The van der Waals surface area contributed by atoms with E-state index in [1.54, 1.807) is 12.1 Å². The fourth-order valence-electron chi connectivity index (χ4n) is 4.59. The largest absolute Gasteiger partial charge is 0.481 e. The first-order chi connectivity index (χ1) is 16.5. The second kappa shape index (κ2) is 9.30. The molecule has 0 spiro atoms. The van der Waals surface area contributed by atoms with E-state index < -0.39 is 24.0 Å². The molecule has 34 heavy (non-hydrogen) atoms. The third-order valence-electron chi connectivity index (χ3n) is 6.47. The molecule has 0 saturated heterocycles. The highest BCUT2D eigenvalue weighted by atomic mass is 32.1. The summed E-state index contributed by atoms with van der Waals surface area (Å²) in [5.41, 5.74) is 4.51. The molecule has 1 aromatic heterocycles. The van der Waals surface area contributed by atoms with E-state index >= 15 is 0 Å². The van der Waals surface area contributed by atoms with Crippen LogP contribution in [0.15, 0.2) is 66.0 Å². The normalized spacial score (nSPS) is 18.9. The Morgan fingerprint density at radius 2 is 1.68 bits per heavy atom. The number of amides is 2. The van der Waals surface area contributed by atoms with Gasteiger partial charge in [-0.25, -0.2) is 4.79 Å². The number of hydrogen-bond acceptors (Lipinski definition) is 5. The quantitative estimate of drug-likeness (QED) is 0.453. The van der Waals surface area contributed by atoms with Gasteiger partial charge in [0.15, 0.2) is 0 Å². The van der Waals surface area contributed by atoms with Gasteiger partial charge < -0.3 is 20.5 Å². The van der Waals surface area contributed by atoms with Gasteiger partial charge in [0.05, 0.1) is 5.92 Å². The fraction of sp³-hybridized carbons (Fsp3) is 0.269. The lowest BCUT2D eigenvalue weighted by Crippen LogP contribution is -2.41. The van der Waals surface area contributed by atoms with Crippen molar-refractivity contribution in [3.05, 3.63) is 82.0 Å². The van der Waals surface area contributed by atoms with Gasteiger partial charge in [-0.05, 0) is 46.0 Å². The highest BCUT2D eigenvalue weighted by Gasteiger charge is 2.43. The molecule has 0 aliphatic heterocycles. The molecule has 3 atom stereocenters. The first kappa shape index (κ1) is 22.2. The number of thiophene rings is 1. The van der Waals surface area contributed by atoms with Crippen molar-refractivity contribution in [2.75, 3.05) is 13.2 Å². The van der Waals surface area contributed by atoms with E-state index in [9.17, 15) is 14.4 Å². The summed E-state index contributed by atoms with van der Waals surface area (Å²) in [6.07, 6.45) is -0.121. The smallest absolute Gasteiger partial charge is 0.408 e. The molecule has 2 aliphatic rings. The molecule has 1 fully saturated rings. The maximum Gasteiger partial charge on any atom is 0.408 e. The third-order valence-corrected chi connectivity index (χ3v) is 7.41. The van der Waals surface area contributed by atoms with Crippen LogP contribution in [-0.2, 0) is 14.3 Å². The zero-order valence-corrected chi connectivity index (χ0v) is 19.1. The highest BCUT2D eigenvalue weighted by molar-refractivity contribution is 7.10. The number of nitrogens with one attached hydrogen (secondary N) is 2. The van der Waals surface area contributed by atoms with Crippen LogP contribution in [0.1, 0.15) is 34.4 Å². The standard InChI is InChI=1S/C26H24N2O5S/c29-24(27-13-15-12-20(15)25(30)31)23(22-10-5-11-34-22)28-26(32)33-14-21-18-8-3-1-6-16(18)17-7-2-4-9-19(17)21/h1-11,15,20-21,23H,12-14H2,(H,27,29)(H,28,32)(H,30,31). The predicted octanol–water partition coefficient (Wildman–Crippen LogP) is 4.16. The van der Waals surface area contributed by atoms with Gasteiger partial charge in [-0.1, -0.05) is 54.6 Å². The Hall–Kier alpha value is -3.65. The van der Waals surface area contributed by atoms with E-state index in [4.69, 9.17) is 9.84 Å². The van der Waals surface area contributed by atoms with E-state index in [1.807, 2.05) is 41.8 Å². The molecule has 3 unspecified atom stereocenters. The van der Waals surface area contributed by atoms with Crippen molar-refractivity contribution in [1.82, 2.24) is 10.6 Å². The number of rotatable bonds is 8. The monoisotopic (exact) mass is 476 g/mol. The number of aliphatic carboxylic acids is 1. The number of carboxylic acids is 1. The Bertz CT molecular complexity index is 1180. The van der Waals surface area contributed by atoms with Gasteiger partial charge in [-0.15, -0.1) is 11.3 Å². The molecule has 174 valence electrons. The molecule has 1 heterocycles. The second-order valence-corrected chi connectivity index (χ2v) is 9.58. The number of ether oxygens (including phenoxy) is 1. The summed E-state index contributed by atoms with van der Waals surface area (Å²) in [6, 6.07) is 18.9. The topological polar surface area (TPSA) is 105 Å². The lowest BCUT2D eigenvalue weighted by atomic mass is 9.98. The summed E-state index contributed by atoms with van der Waals surface area (Å²) in [4.78, 5) is 37.3. The van der Waals surface area contributed by atoms with Gasteiger partial charge in [0.1, 0.15) is 12.6 Å². The molecule has 2 aliphatic carbocycles. The first-order valence-corrected chi connectivity index (χ1v) is 12.1. The second-order valence-electron chi connectivity index (χ2n) is 8.60. The molecule has 2 aromatic carbocycles. The lowest BCUT2D eigenvalue weighted by Gasteiger charge is -2.19. The van der Waals surface area contributed by atoms with Crippen LogP contribution in [0.4, 0.5) is 4.79 Å². The number of hydrogen-bond donors (Lipinski definition) is 3. The van der Waals surface area contributed by atoms with Gasteiger partial charge >= 0.3 is 12.1 Å². The SMILES string of the molecule is O=C(NC(C(=O)NCC1CC1C(=O)O)c1cccs1)OCC1c2ccccc2-c2ccccc21. The number of benzene rings is 2. The van der Waals surface area contributed by atoms with Crippen molar-refractivity contribution < 1.29 is 24.2 Å². The minimum atomic E-state index is -0.905. The van der Waals surface area contributed by atoms with Crippen molar-refractivity contribution in [1.29, 1.82) is 0 Å². The van der Waals surface area contributed by atoms with Crippen LogP contribution in [0.5, 0.6) is 0 Å². The maximum absolute atomic E-state index is 12.9. The average molecular weight is 477 g/mol. The van der Waals surface area contributed by atoms with E-state index in [1.165, 1.54) is 11.3 Å². The molecule has 2 amide bonds. The third kappa shape index (κ3) is 4.41. The fourth-order valence-corrected chi connectivity index (χ4v) is 5.36. The Labute approximate surface area is 200 Å². The molecule has 1 saturated carbocycles. The molecule has 3 N–H and O–H groups in total. The summed E-state index contributed by atoms with van der Waals surface area (Å²) in [6.45, 7) is 0.422. The number of carboxylic acid groups (broad SMARTS) is 1. The molecule has 3 aromatic rings. The Balaban J connectivity index is 1.23. The summed E-state index contributed by atoms with van der Waals surface area (Å²) < 4.78 is 5.60. The number of fused-ring (bicyclic) bond motifs is 3. The highest BCUT2D eigenvalue weighted by Crippen LogP contribution is 2.44. The van der Waals surface area contributed by atoms with Crippen LogP contribution in [0.2, 0.25) is 0 Å². The zero-order chi connectivity index (χ0) is 23.7. The van der Waals surface area contributed by atoms with Gasteiger partial charge in [-0.2, -0.15) is 0 Å². The molecule has 0 bridgehead atoms. The van der Waals surface area contributed by atoms with Gasteiger partial charge in [0.25, 0.3) is 0 Å². The van der Waals surface area contributed by atoms with Gasteiger partial charge in [0, 0.05) is 17.3 Å². The molecular weight excluding hydrogens is 452 g/mol.